The molecule has 3 N–H and O–H groups in total. The Bertz CT molecular complexity index is 1170. The summed E-state index contributed by atoms with van der Waals surface area (Å²) in [4.78, 5) is 23.8. The van der Waals surface area contributed by atoms with Crippen LogP contribution in [0.1, 0.15) is 67.2 Å². The predicted molar refractivity (Wildman–Crippen MR) is 130 cm³/mol. The number of fused-ring (bicyclic) bond motifs is 1. The third kappa shape index (κ3) is 3.93. The topological polar surface area (TPSA) is 72.2 Å². The number of nitrogens with two attached hydrogens (primary N) is 1. The minimum absolute atomic E-state index is 0.0733. The number of rotatable bonds is 4. The SMILES string of the molecule is CC(C)(C)c1ccc(-c2cccc(C3CC(C)(C(N)=O)c4cc(C=O)ccc4N3)c2)cc1. The number of primary amides is 1. The number of hydrogen-bond donors (Lipinski definition) is 2. The number of anilines is 1. The van der Waals surface area contributed by atoms with Crippen LogP contribution in [0.4, 0.5) is 5.69 Å². The Balaban J connectivity index is 1.70. The summed E-state index contributed by atoms with van der Waals surface area (Å²) in [6, 6.07) is 22.4. The maximum atomic E-state index is 12.5. The van der Waals surface area contributed by atoms with E-state index < -0.39 is 5.41 Å². The fourth-order valence-electron chi connectivity index (χ4n) is 4.51. The minimum atomic E-state index is -0.866. The summed E-state index contributed by atoms with van der Waals surface area (Å²) in [5.41, 5.74) is 12.0. The number of hydrogen-bond acceptors (Lipinski definition) is 3. The zero-order valence-corrected chi connectivity index (χ0v) is 19.1. The van der Waals surface area contributed by atoms with Crippen molar-refractivity contribution in [3.8, 4) is 11.1 Å². The molecule has 0 aliphatic carbocycles. The second kappa shape index (κ2) is 7.94. The summed E-state index contributed by atoms with van der Waals surface area (Å²) in [6.07, 6.45) is 1.31. The molecule has 1 amide bonds. The largest absolute Gasteiger partial charge is 0.378 e. The van der Waals surface area contributed by atoms with Crippen molar-refractivity contribution in [3.05, 3.63) is 89.0 Å². The normalized spacial score (nSPS) is 20.2. The Hall–Kier alpha value is -3.40. The molecule has 0 saturated carbocycles. The highest BCUT2D eigenvalue weighted by Gasteiger charge is 2.42. The van der Waals surface area contributed by atoms with Gasteiger partial charge in [0, 0.05) is 11.3 Å². The molecule has 3 aromatic rings. The number of carbonyl (C=O) groups is 2. The van der Waals surface area contributed by atoms with E-state index in [1.807, 2.05) is 13.0 Å². The van der Waals surface area contributed by atoms with Crippen LogP contribution in [0.15, 0.2) is 66.7 Å². The van der Waals surface area contributed by atoms with Crippen molar-refractivity contribution in [2.75, 3.05) is 5.32 Å². The molecule has 1 aliphatic rings. The average Bonchev–Trinajstić information content (AvgIpc) is 2.78. The first-order valence-electron chi connectivity index (χ1n) is 11.0. The smallest absolute Gasteiger partial charge is 0.227 e. The Morgan fingerprint density at radius 3 is 2.38 bits per heavy atom. The summed E-state index contributed by atoms with van der Waals surface area (Å²) in [5.74, 6) is -0.387. The van der Waals surface area contributed by atoms with E-state index in [0.717, 1.165) is 34.2 Å². The van der Waals surface area contributed by atoms with Crippen molar-refractivity contribution < 1.29 is 9.59 Å². The molecule has 0 bridgehead atoms. The van der Waals surface area contributed by atoms with Crippen molar-refractivity contribution in [1.82, 2.24) is 0 Å². The van der Waals surface area contributed by atoms with E-state index in [1.54, 1.807) is 12.1 Å². The second-order valence-electron chi connectivity index (χ2n) is 9.97. The van der Waals surface area contributed by atoms with Crippen LogP contribution in [0.3, 0.4) is 0 Å². The number of carbonyl (C=O) groups excluding carboxylic acids is 2. The summed E-state index contributed by atoms with van der Waals surface area (Å²) < 4.78 is 0. The third-order valence-electron chi connectivity index (χ3n) is 6.63. The first-order valence-corrected chi connectivity index (χ1v) is 11.0. The zero-order valence-electron chi connectivity index (χ0n) is 19.1. The van der Waals surface area contributed by atoms with Gasteiger partial charge in [0.05, 0.1) is 11.5 Å². The van der Waals surface area contributed by atoms with Gasteiger partial charge in [-0.05, 0) is 70.8 Å². The number of aldehydes is 1. The Morgan fingerprint density at radius 1 is 1.03 bits per heavy atom. The molecule has 2 unspecified atom stereocenters. The molecule has 2 atom stereocenters. The average molecular weight is 427 g/mol. The van der Waals surface area contributed by atoms with Crippen LogP contribution in [0.2, 0.25) is 0 Å². The van der Waals surface area contributed by atoms with Crippen LogP contribution in [0.5, 0.6) is 0 Å². The van der Waals surface area contributed by atoms with E-state index in [1.165, 1.54) is 5.56 Å². The van der Waals surface area contributed by atoms with Gasteiger partial charge in [-0.25, -0.2) is 0 Å². The van der Waals surface area contributed by atoms with E-state index in [2.05, 4.69) is 74.6 Å². The van der Waals surface area contributed by atoms with E-state index in [4.69, 9.17) is 5.73 Å². The number of benzene rings is 3. The lowest BCUT2D eigenvalue weighted by molar-refractivity contribution is -0.123. The molecule has 0 saturated heterocycles. The standard InChI is InChI=1S/C28H30N2O2/c1-27(2,3)22-11-9-19(10-12-22)20-6-5-7-21(15-20)25-16-28(4,26(29)32)23-14-18(17-31)8-13-24(23)30-25/h5-15,17,25,30H,16H2,1-4H3,(H2,29,32). The molecule has 1 heterocycles. The van der Waals surface area contributed by atoms with Crippen molar-refractivity contribution >= 4 is 17.9 Å². The third-order valence-corrected chi connectivity index (χ3v) is 6.63. The molecule has 1 aliphatic heterocycles. The predicted octanol–water partition coefficient (Wildman–Crippen LogP) is 5.76. The molecule has 32 heavy (non-hydrogen) atoms. The van der Waals surface area contributed by atoms with Gasteiger partial charge in [-0.1, -0.05) is 63.2 Å². The zero-order chi connectivity index (χ0) is 23.1. The minimum Gasteiger partial charge on any atom is -0.378 e. The van der Waals surface area contributed by atoms with E-state index in [-0.39, 0.29) is 17.4 Å². The highest BCUT2D eigenvalue weighted by Crippen LogP contribution is 2.45. The van der Waals surface area contributed by atoms with Gasteiger partial charge < -0.3 is 11.1 Å². The second-order valence-corrected chi connectivity index (χ2v) is 9.97. The van der Waals surface area contributed by atoms with Crippen molar-refractivity contribution in [1.29, 1.82) is 0 Å². The molecule has 3 aromatic carbocycles. The lowest BCUT2D eigenvalue weighted by Crippen LogP contribution is -2.44. The van der Waals surface area contributed by atoms with Crippen LogP contribution >= 0.6 is 0 Å². The Morgan fingerprint density at radius 2 is 1.75 bits per heavy atom. The Labute approximate surface area is 189 Å². The van der Waals surface area contributed by atoms with E-state index >= 15 is 0 Å². The fourth-order valence-corrected chi connectivity index (χ4v) is 4.51. The van der Waals surface area contributed by atoms with Crippen LogP contribution in [-0.4, -0.2) is 12.2 Å². The lowest BCUT2D eigenvalue weighted by Gasteiger charge is -2.39. The lowest BCUT2D eigenvalue weighted by atomic mass is 9.71. The van der Waals surface area contributed by atoms with Gasteiger partial charge in [-0.15, -0.1) is 0 Å². The van der Waals surface area contributed by atoms with Crippen LogP contribution in [-0.2, 0) is 15.6 Å². The number of amides is 1. The molecular formula is C28H30N2O2. The molecule has 4 heteroatoms. The fraction of sp³-hybridized carbons (Fsp3) is 0.286. The van der Waals surface area contributed by atoms with Crippen molar-refractivity contribution in [3.63, 3.8) is 0 Å². The molecule has 4 rings (SSSR count). The maximum absolute atomic E-state index is 12.5. The summed E-state index contributed by atoms with van der Waals surface area (Å²) in [6.45, 7) is 8.50. The van der Waals surface area contributed by atoms with Gasteiger partial charge >= 0.3 is 0 Å². The Kier molecular flexibility index (Phi) is 5.41. The van der Waals surface area contributed by atoms with Gasteiger partial charge in [0.15, 0.2) is 0 Å². The van der Waals surface area contributed by atoms with E-state index in [0.29, 0.717) is 12.0 Å². The van der Waals surface area contributed by atoms with Gasteiger partial charge in [-0.3, -0.25) is 9.59 Å². The summed E-state index contributed by atoms with van der Waals surface area (Å²) >= 11 is 0. The summed E-state index contributed by atoms with van der Waals surface area (Å²) in [5, 5.41) is 3.56. The van der Waals surface area contributed by atoms with Gasteiger partial charge in [0.1, 0.15) is 6.29 Å². The molecule has 0 fully saturated rings. The number of nitrogens with one attached hydrogen (secondary N) is 1. The van der Waals surface area contributed by atoms with Crippen LogP contribution in [0, 0.1) is 0 Å². The maximum Gasteiger partial charge on any atom is 0.227 e. The van der Waals surface area contributed by atoms with Crippen LogP contribution < -0.4 is 11.1 Å². The highest BCUT2D eigenvalue weighted by molar-refractivity contribution is 5.90. The van der Waals surface area contributed by atoms with Crippen molar-refractivity contribution in [2.45, 2.75) is 51.0 Å². The quantitative estimate of drug-likeness (QED) is 0.521. The molecule has 0 radical (unpaired) electrons. The van der Waals surface area contributed by atoms with Crippen molar-refractivity contribution in [2.24, 2.45) is 5.73 Å². The van der Waals surface area contributed by atoms with Gasteiger partial charge in [-0.2, -0.15) is 0 Å². The molecule has 164 valence electrons. The monoisotopic (exact) mass is 426 g/mol. The van der Waals surface area contributed by atoms with Gasteiger partial charge in [0.25, 0.3) is 0 Å². The first kappa shape index (κ1) is 21.8. The summed E-state index contributed by atoms with van der Waals surface area (Å²) in [7, 11) is 0. The highest BCUT2D eigenvalue weighted by atomic mass is 16.1. The molecule has 0 aromatic heterocycles. The molecule has 0 spiro atoms. The molecule has 4 nitrogen and oxygen atoms in total. The first-order chi connectivity index (χ1) is 15.1. The van der Waals surface area contributed by atoms with E-state index in [9.17, 15) is 9.59 Å². The molecular weight excluding hydrogens is 396 g/mol. The van der Waals surface area contributed by atoms with Gasteiger partial charge in [0.2, 0.25) is 5.91 Å². The van der Waals surface area contributed by atoms with Crippen LogP contribution in [0.25, 0.3) is 11.1 Å².